The van der Waals surface area contributed by atoms with Crippen LogP contribution in [-0.2, 0) is 16.3 Å². The van der Waals surface area contributed by atoms with Gasteiger partial charge in [0.2, 0.25) is 0 Å². The minimum atomic E-state index is -2.92. The van der Waals surface area contributed by atoms with E-state index in [0.717, 1.165) is 30.1 Å². The Labute approximate surface area is 137 Å². The van der Waals surface area contributed by atoms with E-state index in [9.17, 15) is 8.42 Å². The number of guanidine groups is 1. The van der Waals surface area contributed by atoms with Crippen LogP contribution in [0.15, 0.2) is 10.4 Å². The van der Waals surface area contributed by atoms with E-state index in [1.54, 1.807) is 18.4 Å². The lowest BCUT2D eigenvalue weighted by atomic mass is 10.2. The number of aromatic nitrogens is 1. The number of nitrogens with zero attached hydrogens (tertiary/aromatic N) is 2. The predicted molar refractivity (Wildman–Crippen MR) is 93.5 cm³/mol. The number of rotatable bonds is 8. The molecule has 0 spiro atoms. The second-order valence-electron chi connectivity index (χ2n) is 5.45. The van der Waals surface area contributed by atoms with Crippen LogP contribution < -0.4 is 10.6 Å². The predicted octanol–water partition coefficient (Wildman–Crippen LogP) is 1.37. The summed E-state index contributed by atoms with van der Waals surface area (Å²) in [5, 5.41) is 9.66. The van der Waals surface area contributed by atoms with E-state index in [1.807, 2.05) is 13.8 Å². The summed E-state index contributed by atoms with van der Waals surface area (Å²) >= 11 is 1.69. The average Bonchev–Trinajstić information content (AvgIpc) is 2.85. The van der Waals surface area contributed by atoms with Crippen LogP contribution in [0.25, 0.3) is 0 Å². The maximum atomic E-state index is 11.2. The molecular weight excluding hydrogens is 320 g/mol. The van der Waals surface area contributed by atoms with Gasteiger partial charge in [0.25, 0.3) is 0 Å². The van der Waals surface area contributed by atoms with Gasteiger partial charge in [-0.3, -0.25) is 4.99 Å². The normalized spacial score (nSPS) is 13.9. The van der Waals surface area contributed by atoms with Crippen LogP contribution in [0.5, 0.6) is 0 Å². The van der Waals surface area contributed by atoms with Crippen molar-refractivity contribution in [1.29, 1.82) is 0 Å². The molecule has 0 saturated heterocycles. The molecule has 1 aromatic rings. The third-order valence-electron chi connectivity index (χ3n) is 3.05. The number of hydrogen-bond donors (Lipinski definition) is 2. The molecule has 0 saturated carbocycles. The Hall–Kier alpha value is -1.15. The molecule has 8 heteroatoms. The van der Waals surface area contributed by atoms with E-state index < -0.39 is 9.84 Å². The zero-order valence-corrected chi connectivity index (χ0v) is 15.4. The summed E-state index contributed by atoms with van der Waals surface area (Å²) in [5.74, 6) is 0.887. The summed E-state index contributed by atoms with van der Waals surface area (Å²) in [6, 6.07) is 0.0579. The molecule has 0 aromatic carbocycles. The second kappa shape index (κ2) is 9.09. The van der Waals surface area contributed by atoms with Crippen molar-refractivity contribution in [3.05, 3.63) is 16.1 Å². The first-order valence-electron chi connectivity index (χ1n) is 7.36. The van der Waals surface area contributed by atoms with Gasteiger partial charge in [0.05, 0.1) is 10.8 Å². The molecule has 1 aromatic heterocycles. The number of thiazole rings is 1. The smallest absolute Gasteiger partial charge is 0.191 e. The summed E-state index contributed by atoms with van der Waals surface area (Å²) < 4.78 is 22.3. The molecule has 1 atom stereocenters. The Morgan fingerprint density at radius 2 is 2.23 bits per heavy atom. The first-order valence-corrected chi connectivity index (χ1v) is 10.3. The highest BCUT2D eigenvalue weighted by Crippen LogP contribution is 2.10. The average molecular weight is 347 g/mol. The highest BCUT2D eigenvalue weighted by molar-refractivity contribution is 7.90. The van der Waals surface area contributed by atoms with Gasteiger partial charge in [0.1, 0.15) is 9.84 Å². The summed E-state index contributed by atoms with van der Waals surface area (Å²) in [6.45, 7) is 4.76. The van der Waals surface area contributed by atoms with Crippen LogP contribution in [0, 0.1) is 6.92 Å². The summed E-state index contributed by atoms with van der Waals surface area (Å²) in [6.07, 6.45) is 3.75. The fraction of sp³-hybridized carbons (Fsp3) is 0.714. The molecule has 126 valence electrons. The van der Waals surface area contributed by atoms with Crippen LogP contribution in [-0.4, -0.2) is 51.0 Å². The van der Waals surface area contributed by atoms with E-state index in [-0.39, 0.29) is 11.8 Å². The first kappa shape index (κ1) is 18.9. The quantitative estimate of drug-likeness (QED) is 0.422. The van der Waals surface area contributed by atoms with Gasteiger partial charge in [0.15, 0.2) is 5.96 Å². The van der Waals surface area contributed by atoms with Gasteiger partial charge in [0, 0.05) is 43.4 Å². The number of aryl methyl sites for hydroxylation is 2. The number of aliphatic imine (C=N–C) groups is 1. The SMILES string of the molecule is CN=C(NCCCc1nc(C)cs1)NC(C)CCS(C)(=O)=O. The molecule has 2 N–H and O–H groups in total. The van der Waals surface area contributed by atoms with Crippen LogP contribution in [0.2, 0.25) is 0 Å². The Bertz CT molecular complexity index is 581. The van der Waals surface area contributed by atoms with Gasteiger partial charge >= 0.3 is 0 Å². The highest BCUT2D eigenvalue weighted by atomic mass is 32.2. The lowest BCUT2D eigenvalue weighted by Crippen LogP contribution is -2.43. The van der Waals surface area contributed by atoms with Gasteiger partial charge < -0.3 is 10.6 Å². The van der Waals surface area contributed by atoms with E-state index >= 15 is 0 Å². The lowest BCUT2D eigenvalue weighted by Gasteiger charge is -2.17. The molecule has 0 bridgehead atoms. The topological polar surface area (TPSA) is 83.4 Å². The van der Waals surface area contributed by atoms with Crippen molar-refractivity contribution in [3.63, 3.8) is 0 Å². The first-order chi connectivity index (χ1) is 10.3. The van der Waals surface area contributed by atoms with Crippen molar-refractivity contribution in [2.45, 2.75) is 39.2 Å². The summed E-state index contributed by atoms with van der Waals surface area (Å²) in [4.78, 5) is 8.58. The van der Waals surface area contributed by atoms with E-state index in [1.165, 1.54) is 6.26 Å². The number of hydrogen-bond acceptors (Lipinski definition) is 5. The third-order valence-corrected chi connectivity index (χ3v) is 5.06. The Morgan fingerprint density at radius 3 is 2.77 bits per heavy atom. The third kappa shape index (κ3) is 8.33. The fourth-order valence-corrected chi connectivity index (χ4v) is 3.45. The molecule has 1 rings (SSSR count). The molecule has 0 radical (unpaired) electrons. The van der Waals surface area contributed by atoms with Crippen LogP contribution in [0.4, 0.5) is 0 Å². The second-order valence-corrected chi connectivity index (χ2v) is 8.65. The Balaban J connectivity index is 2.24. The highest BCUT2D eigenvalue weighted by Gasteiger charge is 2.09. The molecule has 0 fully saturated rings. The molecular formula is C14H26N4O2S2. The van der Waals surface area contributed by atoms with Crippen LogP contribution >= 0.6 is 11.3 Å². The minimum Gasteiger partial charge on any atom is -0.356 e. The van der Waals surface area contributed by atoms with Crippen molar-refractivity contribution >= 4 is 27.1 Å². The van der Waals surface area contributed by atoms with Gasteiger partial charge in [-0.25, -0.2) is 13.4 Å². The molecule has 6 nitrogen and oxygen atoms in total. The van der Waals surface area contributed by atoms with Gasteiger partial charge in [-0.2, -0.15) is 0 Å². The molecule has 0 aliphatic carbocycles. The maximum absolute atomic E-state index is 11.2. The molecule has 0 amide bonds. The maximum Gasteiger partial charge on any atom is 0.191 e. The zero-order valence-electron chi connectivity index (χ0n) is 13.7. The zero-order chi connectivity index (χ0) is 16.6. The van der Waals surface area contributed by atoms with E-state index in [2.05, 4.69) is 26.0 Å². The van der Waals surface area contributed by atoms with Crippen molar-refractivity contribution in [1.82, 2.24) is 15.6 Å². The van der Waals surface area contributed by atoms with Gasteiger partial charge in [-0.05, 0) is 26.7 Å². The standard InChI is InChI=1S/C14H26N4O2S2/c1-11(7-9-22(4,19)20)18-14(15-3)16-8-5-6-13-17-12(2)10-21-13/h10-11H,5-9H2,1-4H3,(H2,15,16,18). The van der Waals surface area contributed by atoms with Gasteiger partial charge in [-0.15, -0.1) is 11.3 Å². The van der Waals surface area contributed by atoms with E-state index in [4.69, 9.17) is 0 Å². The van der Waals surface area contributed by atoms with Crippen LogP contribution in [0.1, 0.15) is 30.5 Å². The fourth-order valence-electron chi connectivity index (χ4n) is 1.85. The van der Waals surface area contributed by atoms with Crippen molar-refractivity contribution in [2.24, 2.45) is 4.99 Å². The Kier molecular flexibility index (Phi) is 7.81. The number of sulfone groups is 1. The minimum absolute atomic E-state index is 0.0579. The monoisotopic (exact) mass is 346 g/mol. The molecule has 1 unspecified atom stereocenters. The number of nitrogens with one attached hydrogen (secondary N) is 2. The van der Waals surface area contributed by atoms with Crippen molar-refractivity contribution in [3.8, 4) is 0 Å². The van der Waals surface area contributed by atoms with Crippen LogP contribution in [0.3, 0.4) is 0 Å². The molecule has 1 heterocycles. The molecule has 0 aliphatic heterocycles. The summed E-state index contributed by atoms with van der Waals surface area (Å²) in [5.41, 5.74) is 1.07. The Morgan fingerprint density at radius 1 is 1.50 bits per heavy atom. The largest absolute Gasteiger partial charge is 0.356 e. The van der Waals surface area contributed by atoms with Crippen molar-refractivity contribution in [2.75, 3.05) is 25.6 Å². The van der Waals surface area contributed by atoms with E-state index in [0.29, 0.717) is 12.4 Å². The molecule has 0 aliphatic rings. The lowest BCUT2D eigenvalue weighted by molar-refractivity contribution is 0.580. The van der Waals surface area contributed by atoms with Crippen molar-refractivity contribution < 1.29 is 8.42 Å². The van der Waals surface area contributed by atoms with Gasteiger partial charge in [-0.1, -0.05) is 0 Å². The summed E-state index contributed by atoms with van der Waals surface area (Å²) in [7, 11) is -1.21. The molecule has 22 heavy (non-hydrogen) atoms.